The van der Waals surface area contributed by atoms with Crippen LogP contribution < -0.4 is 5.73 Å². The molecule has 1 fully saturated rings. The lowest BCUT2D eigenvalue weighted by atomic mass is 9.72. The van der Waals surface area contributed by atoms with Gasteiger partial charge in [-0.25, -0.2) is 0 Å². The molecule has 110 valence electrons. The highest BCUT2D eigenvalue weighted by Gasteiger charge is 2.39. The Morgan fingerprint density at radius 3 is 2.70 bits per heavy atom. The Bertz CT molecular complexity index is 623. The maximum atomic E-state index is 6.38. The predicted molar refractivity (Wildman–Crippen MR) is 81.2 cm³/mol. The van der Waals surface area contributed by atoms with E-state index < -0.39 is 0 Å². The van der Waals surface area contributed by atoms with Gasteiger partial charge in [0, 0.05) is 16.9 Å². The second-order valence-corrected chi connectivity index (χ2v) is 8.10. The van der Waals surface area contributed by atoms with Crippen LogP contribution in [0.2, 0.25) is 0 Å². The molecule has 5 nitrogen and oxygen atoms in total. The summed E-state index contributed by atoms with van der Waals surface area (Å²) in [6.07, 6.45) is 4.66. The fraction of sp³-hybridized carbons (Fsp3) is 0.786. The van der Waals surface area contributed by atoms with Crippen LogP contribution in [0.15, 0.2) is 0 Å². The van der Waals surface area contributed by atoms with Gasteiger partial charge in [-0.2, -0.15) is 9.61 Å². The molecule has 2 unspecified atom stereocenters. The van der Waals surface area contributed by atoms with Gasteiger partial charge < -0.3 is 5.73 Å². The number of aromatic nitrogens is 4. The van der Waals surface area contributed by atoms with E-state index in [4.69, 9.17) is 10.8 Å². The summed E-state index contributed by atoms with van der Waals surface area (Å²) in [6.45, 7) is 8.66. The molecule has 6 heteroatoms. The first kappa shape index (κ1) is 13.9. The van der Waals surface area contributed by atoms with Crippen LogP contribution >= 0.6 is 11.3 Å². The first-order valence-electron chi connectivity index (χ1n) is 7.31. The maximum Gasteiger partial charge on any atom is 0.234 e. The van der Waals surface area contributed by atoms with Crippen molar-refractivity contribution in [3.8, 4) is 0 Å². The van der Waals surface area contributed by atoms with E-state index in [-0.39, 0.29) is 16.9 Å². The third kappa shape index (κ3) is 2.05. The Hall–Kier alpha value is -1.01. The van der Waals surface area contributed by atoms with E-state index in [0.717, 1.165) is 28.6 Å². The Kier molecular flexibility index (Phi) is 3.14. The topological polar surface area (TPSA) is 69.1 Å². The normalized spacial score (nSPS) is 28.1. The summed E-state index contributed by atoms with van der Waals surface area (Å²) in [5, 5.41) is 14.5. The molecule has 2 aromatic heterocycles. The molecule has 1 aliphatic rings. The van der Waals surface area contributed by atoms with Crippen LogP contribution in [0.5, 0.6) is 0 Å². The molecular weight excluding hydrogens is 270 g/mol. The fourth-order valence-corrected chi connectivity index (χ4v) is 4.02. The minimum absolute atomic E-state index is 0.0151. The molecule has 2 heterocycles. The van der Waals surface area contributed by atoms with Gasteiger partial charge in [0.15, 0.2) is 5.82 Å². The molecule has 0 amide bonds. The molecule has 3 rings (SSSR count). The second-order valence-electron chi connectivity index (χ2n) is 7.14. The number of hydrogen-bond donors (Lipinski definition) is 1. The molecule has 1 aliphatic carbocycles. The van der Waals surface area contributed by atoms with Crippen LogP contribution in [0.4, 0.5) is 0 Å². The van der Waals surface area contributed by atoms with Crippen molar-refractivity contribution < 1.29 is 0 Å². The van der Waals surface area contributed by atoms with Gasteiger partial charge >= 0.3 is 0 Å². The van der Waals surface area contributed by atoms with Crippen LogP contribution in [0.3, 0.4) is 0 Å². The lowest BCUT2D eigenvalue weighted by molar-refractivity contribution is 0.269. The maximum absolute atomic E-state index is 6.38. The number of fused-ring (bicyclic) bond motifs is 1. The molecule has 0 aliphatic heterocycles. The lowest BCUT2D eigenvalue weighted by Gasteiger charge is -2.37. The van der Waals surface area contributed by atoms with Gasteiger partial charge in [-0.15, -0.1) is 10.2 Å². The van der Waals surface area contributed by atoms with Gasteiger partial charge in [0.25, 0.3) is 0 Å². The quantitative estimate of drug-likeness (QED) is 0.877. The van der Waals surface area contributed by atoms with Gasteiger partial charge in [-0.1, -0.05) is 51.9 Å². The summed E-state index contributed by atoms with van der Waals surface area (Å²) < 4.78 is 1.91. The summed E-state index contributed by atoms with van der Waals surface area (Å²) in [6, 6.07) is 0.193. The lowest BCUT2D eigenvalue weighted by Crippen LogP contribution is -2.45. The van der Waals surface area contributed by atoms with Gasteiger partial charge in [0.1, 0.15) is 5.01 Å². The van der Waals surface area contributed by atoms with Crippen molar-refractivity contribution >= 4 is 16.3 Å². The molecular formula is C14H23N5S. The van der Waals surface area contributed by atoms with Gasteiger partial charge in [-0.05, 0) is 12.8 Å². The summed E-state index contributed by atoms with van der Waals surface area (Å²) >= 11 is 1.64. The van der Waals surface area contributed by atoms with Crippen molar-refractivity contribution in [3.05, 3.63) is 10.8 Å². The molecule has 0 bridgehead atoms. The SMILES string of the molecule is CC(C)(C)c1nnc2sc(C3(C)CCCCC3N)nn12. The number of nitrogens with zero attached hydrogens (tertiary/aromatic N) is 4. The molecule has 2 N–H and O–H groups in total. The third-order valence-corrected chi connectivity index (χ3v) is 5.61. The monoisotopic (exact) mass is 293 g/mol. The van der Waals surface area contributed by atoms with Gasteiger partial charge in [0.05, 0.1) is 0 Å². The number of rotatable bonds is 1. The second kappa shape index (κ2) is 4.49. The van der Waals surface area contributed by atoms with E-state index in [1.807, 2.05) is 4.52 Å². The Morgan fingerprint density at radius 1 is 1.30 bits per heavy atom. The highest BCUT2D eigenvalue weighted by Crippen LogP contribution is 2.40. The van der Waals surface area contributed by atoms with Crippen LogP contribution in [0.25, 0.3) is 4.96 Å². The standard InChI is InChI=1S/C14H23N5S/c1-13(2,3)10-16-17-12-19(10)18-11(20-12)14(4)8-6-5-7-9(14)15/h9H,5-8,15H2,1-4H3. The van der Waals surface area contributed by atoms with Crippen molar-refractivity contribution in [2.24, 2.45) is 5.73 Å². The van der Waals surface area contributed by atoms with Crippen molar-refractivity contribution in [1.29, 1.82) is 0 Å². The van der Waals surface area contributed by atoms with Crippen molar-refractivity contribution in [1.82, 2.24) is 19.8 Å². The van der Waals surface area contributed by atoms with Crippen molar-refractivity contribution in [2.45, 2.75) is 70.3 Å². The zero-order chi connectivity index (χ0) is 14.5. The van der Waals surface area contributed by atoms with Gasteiger partial charge in [-0.3, -0.25) is 0 Å². The average Bonchev–Trinajstić information content (AvgIpc) is 2.90. The molecule has 2 aromatic rings. The number of hydrogen-bond acceptors (Lipinski definition) is 5. The van der Waals surface area contributed by atoms with Crippen LogP contribution in [0, 0.1) is 0 Å². The Labute approximate surface area is 123 Å². The van der Waals surface area contributed by atoms with E-state index in [9.17, 15) is 0 Å². The molecule has 1 saturated carbocycles. The largest absolute Gasteiger partial charge is 0.327 e. The molecule has 20 heavy (non-hydrogen) atoms. The Morgan fingerprint density at radius 2 is 2.05 bits per heavy atom. The van der Waals surface area contributed by atoms with E-state index >= 15 is 0 Å². The smallest absolute Gasteiger partial charge is 0.234 e. The van der Waals surface area contributed by atoms with Crippen LogP contribution in [0.1, 0.15) is 64.2 Å². The minimum Gasteiger partial charge on any atom is -0.327 e. The van der Waals surface area contributed by atoms with Crippen molar-refractivity contribution in [2.75, 3.05) is 0 Å². The number of nitrogens with two attached hydrogens (primary N) is 1. The molecule has 0 spiro atoms. The zero-order valence-corrected chi connectivity index (χ0v) is 13.5. The Balaban J connectivity index is 2.07. The zero-order valence-electron chi connectivity index (χ0n) is 12.7. The van der Waals surface area contributed by atoms with E-state index in [2.05, 4.69) is 37.9 Å². The summed E-state index contributed by atoms with van der Waals surface area (Å²) in [4.78, 5) is 0.879. The molecule has 0 aromatic carbocycles. The molecule has 0 radical (unpaired) electrons. The highest BCUT2D eigenvalue weighted by atomic mass is 32.1. The minimum atomic E-state index is -0.0552. The first-order valence-corrected chi connectivity index (χ1v) is 8.13. The van der Waals surface area contributed by atoms with E-state index in [0.29, 0.717) is 0 Å². The third-order valence-electron chi connectivity index (χ3n) is 4.43. The van der Waals surface area contributed by atoms with E-state index in [1.54, 1.807) is 11.3 Å². The average molecular weight is 293 g/mol. The fourth-order valence-electron chi connectivity index (χ4n) is 2.94. The molecule has 0 saturated heterocycles. The highest BCUT2D eigenvalue weighted by molar-refractivity contribution is 7.16. The van der Waals surface area contributed by atoms with Crippen LogP contribution in [-0.4, -0.2) is 25.9 Å². The first-order chi connectivity index (χ1) is 9.32. The predicted octanol–water partition coefficient (Wildman–Crippen LogP) is 2.64. The molecule has 2 atom stereocenters. The van der Waals surface area contributed by atoms with E-state index in [1.165, 1.54) is 12.8 Å². The summed E-state index contributed by atoms with van der Waals surface area (Å²) in [5.41, 5.74) is 6.31. The van der Waals surface area contributed by atoms with Crippen molar-refractivity contribution in [3.63, 3.8) is 0 Å². The van der Waals surface area contributed by atoms with Gasteiger partial charge in [0.2, 0.25) is 4.96 Å². The summed E-state index contributed by atoms with van der Waals surface area (Å²) in [7, 11) is 0. The summed E-state index contributed by atoms with van der Waals surface area (Å²) in [5.74, 6) is 0.919. The van der Waals surface area contributed by atoms with Crippen LogP contribution in [-0.2, 0) is 10.8 Å².